The maximum Gasteiger partial charge on any atom is 0.343 e. The van der Waals surface area contributed by atoms with Gasteiger partial charge >= 0.3 is 5.97 Å². The fourth-order valence-corrected chi connectivity index (χ4v) is 1.47. The van der Waals surface area contributed by atoms with Gasteiger partial charge in [-0.1, -0.05) is 13.2 Å². The molecule has 0 N–H and O–H groups in total. The van der Waals surface area contributed by atoms with Crippen molar-refractivity contribution < 1.29 is 19.0 Å². The van der Waals surface area contributed by atoms with Crippen molar-refractivity contribution in [3.05, 3.63) is 24.3 Å². The zero-order valence-electron chi connectivity index (χ0n) is 12.9. The molecule has 0 heterocycles. The van der Waals surface area contributed by atoms with Crippen molar-refractivity contribution in [1.29, 1.82) is 0 Å². The monoisotopic (exact) mass is 302 g/mol. The van der Waals surface area contributed by atoms with E-state index in [9.17, 15) is 4.79 Å². The first kappa shape index (κ1) is 19.1. The lowest BCUT2D eigenvalue weighted by molar-refractivity contribution is -0.140. The summed E-state index contributed by atoms with van der Waals surface area (Å²) in [6.45, 7) is 15.6. The Morgan fingerprint density at radius 2 is 1.70 bits per heavy atom. The maximum atomic E-state index is 11.2. The zero-order valence-corrected chi connectivity index (χ0v) is 13.8. The van der Waals surface area contributed by atoms with Gasteiger partial charge in [-0.25, -0.2) is 4.79 Å². The SMILES string of the molecule is C=COC(C)(C)CCOC(C)(C)CCOC(=O)C(=C)S. The molecule has 0 saturated carbocycles. The van der Waals surface area contributed by atoms with Crippen LogP contribution in [0.4, 0.5) is 0 Å². The summed E-state index contributed by atoms with van der Waals surface area (Å²) in [7, 11) is 0. The highest BCUT2D eigenvalue weighted by molar-refractivity contribution is 7.85. The van der Waals surface area contributed by atoms with E-state index in [-0.39, 0.29) is 22.7 Å². The van der Waals surface area contributed by atoms with Crippen LogP contribution in [-0.4, -0.2) is 30.4 Å². The average molecular weight is 302 g/mol. The van der Waals surface area contributed by atoms with Gasteiger partial charge in [-0.3, -0.25) is 0 Å². The van der Waals surface area contributed by atoms with Crippen LogP contribution in [0, 0.1) is 0 Å². The number of carbonyl (C=O) groups excluding carboxylic acids is 1. The van der Waals surface area contributed by atoms with E-state index in [4.69, 9.17) is 14.2 Å². The smallest absolute Gasteiger partial charge is 0.343 e. The molecule has 0 aliphatic carbocycles. The Hall–Kier alpha value is -0.940. The topological polar surface area (TPSA) is 44.8 Å². The molecule has 0 aliphatic rings. The van der Waals surface area contributed by atoms with Crippen LogP contribution in [0.1, 0.15) is 40.5 Å². The largest absolute Gasteiger partial charge is 0.496 e. The molecule has 0 aromatic carbocycles. The fraction of sp³-hybridized carbons (Fsp3) is 0.667. The molecule has 0 saturated heterocycles. The first-order valence-corrected chi connectivity index (χ1v) is 7.02. The van der Waals surface area contributed by atoms with Crippen molar-refractivity contribution in [3.63, 3.8) is 0 Å². The minimum Gasteiger partial charge on any atom is -0.496 e. The van der Waals surface area contributed by atoms with E-state index in [0.29, 0.717) is 13.0 Å². The Kier molecular flexibility index (Phi) is 7.98. The minimum atomic E-state index is -0.496. The summed E-state index contributed by atoms with van der Waals surface area (Å²) in [5.41, 5.74) is -0.670. The van der Waals surface area contributed by atoms with Crippen LogP contribution in [0.3, 0.4) is 0 Å². The van der Waals surface area contributed by atoms with Crippen molar-refractivity contribution in [1.82, 2.24) is 0 Å². The molecule has 0 bridgehead atoms. The van der Waals surface area contributed by atoms with Crippen molar-refractivity contribution >= 4 is 18.6 Å². The third kappa shape index (κ3) is 9.04. The quantitative estimate of drug-likeness (QED) is 0.290. The lowest BCUT2D eigenvalue weighted by Crippen LogP contribution is -2.31. The van der Waals surface area contributed by atoms with E-state index >= 15 is 0 Å². The summed E-state index contributed by atoms with van der Waals surface area (Å²) in [6.07, 6.45) is 2.78. The van der Waals surface area contributed by atoms with Gasteiger partial charge < -0.3 is 14.2 Å². The predicted molar refractivity (Wildman–Crippen MR) is 83.7 cm³/mol. The lowest BCUT2D eigenvalue weighted by atomic mass is 10.0. The minimum absolute atomic E-state index is 0.104. The molecule has 0 aliphatic heterocycles. The van der Waals surface area contributed by atoms with Gasteiger partial charge in [-0.2, -0.15) is 0 Å². The van der Waals surface area contributed by atoms with Crippen LogP contribution in [-0.2, 0) is 19.0 Å². The van der Waals surface area contributed by atoms with Gasteiger partial charge in [-0.15, -0.1) is 12.6 Å². The van der Waals surface area contributed by atoms with Crippen LogP contribution in [0.5, 0.6) is 0 Å². The normalized spacial score (nSPS) is 11.8. The first-order valence-electron chi connectivity index (χ1n) is 6.57. The second-order valence-electron chi connectivity index (χ2n) is 5.73. The number of esters is 1. The average Bonchev–Trinajstić information content (AvgIpc) is 2.27. The third-order valence-electron chi connectivity index (χ3n) is 2.77. The standard InChI is InChI=1S/C15H26O4S/c1-7-18-14(3,4)9-11-19-15(5,6)8-10-17-13(16)12(2)20/h7,20H,1-2,8-11H2,3-6H3. The molecule has 0 amide bonds. The van der Waals surface area contributed by atoms with E-state index in [1.807, 2.05) is 27.7 Å². The van der Waals surface area contributed by atoms with Gasteiger partial charge in [0.05, 0.1) is 30.0 Å². The highest BCUT2D eigenvalue weighted by Crippen LogP contribution is 2.19. The van der Waals surface area contributed by atoms with Gasteiger partial charge in [0.2, 0.25) is 0 Å². The number of rotatable bonds is 10. The molecule has 0 aromatic rings. The molecule has 4 nitrogen and oxygen atoms in total. The summed E-state index contributed by atoms with van der Waals surface area (Å²) in [5.74, 6) is -0.496. The number of thiol groups is 1. The van der Waals surface area contributed by atoms with Crippen molar-refractivity contribution in [2.24, 2.45) is 0 Å². The van der Waals surface area contributed by atoms with Crippen LogP contribution in [0.25, 0.3) is 0 Å². The molecule has 20 heavy (non-hydrogen) atoms. The molecular weight excluding hydrogens is 276 g/mol. The molecule has 116 valence electrons. The Morgan fingerprint density at radius 1 is 1.15 bits per heavy atom. The highest BCUT2D eigenvalue weighted by Gasteiger charge is 2.23. The van der Waals surface area contributed by atoms with E-state index in [1.165, 1.54) is 6.26 Å². The summed E-state index contributed by atoms with van der Waals surface area (Å²) in [4.78, 5) is 11.3. The second kappa shape index (κ2) is 8.37. The van der Waals surface area contributed by atoms with Crippen molar-refractivity contribution in [2.45, 2.75) is 51.7 Å². The predicted octanol–water partition coefficient (Wildman–Crippen LogP) is 3.49. The first-order chi connectivity index (χ1) is 9.09. The Balaban J connectivity index is 3.98. The van der Waals surface area contributed by atoms with Crippen molar-refractivity contribution in [3.8, 4) is 0 Å². The highest BCUT2D eigenvalue weighted by atomic mass is 32.1. The molecule has 0 unspecified atom stereocenters. The fourth-order valence-electron chi connectivity index (χ4n) is 1.40. The van der Waals surface area contributed by atoms with E-state index in [2.05, 4.69) is 25.8 Å². The third-order valence-corrected chi connectivity index (χ3v) is 2.95. The van der Waals surface area contributed by atoms with Crippen molar-refractivity contribution in [2.75, 3.05) is 13.2 Å². The van der Waals surface area contributed by atoms with E-state index < -0.39 is 5.97 Å². The summed E-state index contributed by atoms with van der Waals surface area (Å²) in [5, 5.41) is 0. The van der Waals surface area contributed by atoms with Crippen LogP contribution in [0.15, 0.2) is 24.3 Å². The van der Waals surface area contributed by atoms with Gasteiger partial charge in [0.15, 0.2) is 0 Å². The number of carbonyl (C=O) groups is 1. The van der Waals surface area contributed by atoms with Gasteiger partial charge in [-0.05, 0) is 27.7 Å². The molecule has 0 atom stereocenters. The Morgan fingerprint density at radius 3 is 2.20 bits per heavy atom. The number of hydrogen-bond acceptors (Lipinski definition) is 5. The Bertz CT molecular complexity index is 348. The van der Waals surface area contributed by atoms with Gasteiger partial charge in [0.25, 0.3) is 0 Å². The van der Waals surface area contributed by atoms with Crippen LogP contribution in [0.2, 0.25) is 0 Å². The molecule has 0 spiro atoms. The van der Waals surface area contributed by atoms with E-state index in [1.54, 1.807) is 0 Å². The molecule has 0 aromatic heterocycles. The summed E-state index contributed by atoms with van der Waals surface area (Å²) < 4.78 is 16.2. The zero-order chi connectivity index (χ0) is 15.8. The van der Waals surface area contributed by atoms with Crippen LogP contribution < -0.4 is 0 Å². The molecule has 0 radical (unpaired) electrons. The summed E-state index contributed by atoms with van der Waals surface area (Å²) in [6, 6.07) is 0. The second-order valence-corrected chi connectivity index (χ2v) is 6.27. The van der Waals surface area contributed by atoms with E-state index in [0.717, 1.165) is 6.42 Å². The Labute approximate surface area is 127 Å². The molecule has 0 rings (SSSR count). The van der Waals surface area contributed by atoms with Gasteiger partial charge in [0.1, 0.15) is 5.60 Å². The molecule has 5 heteroatoms. The lowest BCUT2D eigenvalue weighted by Gasteiger charge is -2.29. The maximum absolute atomic E-state index is 11.2. The molecule has 0 fully saturated rings. The van der Waals surface area contributed by atoms with Gasteiger partial charge in [0, 0.05) is 12.8 Å². The number of hydrogen-bond donors (Lipinski definition) is 1. The molecular formula is C15H26O4S. The number of ether oxygens (including phenoxy) is 3. The summed E-state index contributed by atoms with van der Waals surface area (Å²) >= 11 is 3.82. The van der Waals surface area contributed by atoms with Crippen LogP contribution >= 0.6 is 12.6 Å².